The Kier molecular flexibility index (Phi) is 6.07. The minimum absolute atomic E-state index is 0.0350. The van der Waals surface area contributed by atoms with Crippen LogP contribution < -0.4 is 11.1 Å². The molecule has 0 radical (unpaired) electrons. The summed E-state index contributed by atoms with van der Waals surface area (Å²) in [6.45, 7) is 8.99. The van der Waals surface area contributed by atoms with Gasteiger partial charge in [0, 0.05) is 18.6 Å². The van der Waals surface area contributed by atoms with Crippen LogP contribution in [0.5, 0.6) is 0 Å². The number of rotatable bonds is 8. The van der Waals surface area contributed by atoms with Gasteiger partial charge in [0.1, 0.15) is 5.84 Å². The van der Waals surface area contributed by atoms with Crippen LogP contribution in [-0.2, 0) is 4.74 Å². The van der Waals surface area contributed by atoms with E-state index in [2.05, 4.69) is 17.4 Å². The lowest BCUT2D eigenvalue weighted by Gasteiger charge is -2.24. The van der Waals surface area contributed by atoms with Crippen molar-refractivity contribution in [3.63, 3.8) is 0 Å². The molecule has 1 fully saturated rings. The summed E-state index contributed by atoms with van der Waals surface area (Å²) in [7, 11) is 0. The van der Waals surface area contributed by atoms with Crippen molar-refractivity contribution in [1.29, 1.82) is 0 Å². The van der Waals surface area contributed by atoms with E-state index in [1.807, 2.05) is 13.8 Å². The molecule has 0 saturated carbocycles. The van der Waals surface area contributed by atoms with Gasteiger partial charge in [0.25, 0.3) is 0 Å². The van der Waals surface area contributed by atoms with Gasteiger partial charge in [-0.1, -0.05) is 25.4 Å². The highest BCUT2D eigenvalue weighted by Crippen LogP contribution is 2.24. The number of hydrogen-bond acceptors (Lipinski definition) is 4. The Morgan fingerprint density at radius 3 is 2.79 bits per heavy atom. The molecule has 1 unspecified atom stereocenters. The van der Waals surface area contributed by atoms with Crippen molar-refractivity contribution in [3.05, 3.63) is 0 Å². The molecule has 112 valence electrons. The van der Waals surface area contributed by atoms with E-state index in [-0.39, 0.29) is 11.0 Å². The van der Waals surface area contributed by atoms with Crippen LogP contribution in [0.25, 0.3) is 0 Å². The van der Waals surface area contributed by atoms with Crippen LogP contribution in [0.2, 0.25) is 0 Å². The van der Waals surface area contributed by atoms with Gasteiger partial charge in [-0.2, -0.15) is 0 Å². The van der Waals surface area contributed by atoms with E-state index in [0.29, 0.717) is 5.84 Å². The highest BCUT2D eigenvalue weighted by molar-refractivity contribution is 5.85. The molecule has 0 aliphatic carbocycles. The van der Waals surface area contributed by atoms with Gasteiger partial charge in [-0.15, -0.1) is 0 Å². The summed E-state index contributed by atoms with van der Waals surface area (Å²) in [5.41, 5.74) is 5.47. The van der Waals surface area contributed by atoms with Crippen LogP contribution in [0.3, 0.4) is 0 Å². The van der Waals surface area contributed by atoms with Crippen LogP contribution in [0.4, 0.5) is 0 Å². The minimum atomic E-state index is -0.227. The molecule has 19 heavy (non-hydrogen) atoms. The topological polar surface area (TPSA) is 79.9 Å². The van der Waals surface area contributed by atoms with E-state index >= 15 is 0 Å². The number of unbranched alkanes of at least 4 members (excludes halogenated alkanes) is 1. The number of nitrogens with zero attached hydrogens (tertiary/aromatic N) is 1. The van der Waals surface area contributed by atoms with Gasteiger partial charge in [-0.05, 0) is 39.2 Å². The smallest absolute Gasteiger partial charge is 0.144 e. The normalized spacial score (nSPS) is 24.9. The van der Waals surface area contributed by atoms with Crippen molar-refractivity contribution >= 4 is 5.84 Å². The average Bonchev–Trinajstić information content (AvgIpc) is 2.79. The fourth-order valence-electron chi connectivity index (χ4n) is 2.41. The molecular formula is C14H29N3O2. The Morgan fingerprint density at radius 1 is 1.47 bits per heavy atom. The zero-order valence-corrected chi connectivity index (χ0v) is 12.5. The Bertz CT molecular complexity index is 297. The Labute approximate surface area is 116 Å². The fraction of sp³-hybridized carbons (Fsp3) is 0.929. The van der Waals surface area contributed by atoms with E-state index in [1.54, 1.807) is 0 Å². The van der Waals surface area contributed by atoms with Gasteiger partial charge in [-0.3, -0.25) is 0 Å². The SMILES string of the molecule is CC1(CNCCCCC(C)(C)C(N)=NO)CCCO1. The first kappa shape index (κ1) is 16.2. The Hall–Kier alpha value is -0.810. The summed E-state index contributed by atoms with van der Waals surface area (Å²) < 4.78 is 5.72. The highest BCUT2D eigenvalue weighted by atomic mass is 16.5. The monoisotopic (exact) mass is 271 g/mol. The zero-order chi connectivity index (χ0) is 14.4. The maximum atomic E-state index is 8.70. The van der Waals surface area contributed by atoms with Gasteiger partial charge in [0.05, 0.1) is 5.60 Å². The fourth-order valence-corrected chi connectivity index (χ4v) is 2.41. The molecule has 1 aliphatic rings. The predicted octanol–water partition coefficient (Wildman–Crippen LogP) is 2.09. The van der Waals surface area contributed by atoms with Crippen LogP contribution in [0, 0.1) is 5.41 Å². The first-order valence-corrected chi connectivity index (χ1v) is 7.22. The van der Waals surface area contributed by atoms with Crippen molar-refractivity contribution in [2.75, 3.05) is 19.7 Å². The highest BCUT2D eigenvalue weighted by Gasteiger charge is 2.29. The lowest BCUT2D eigenvalue weighted by Crippen LogP contribution is -2.37. The first-order valence-electron chi connectivity index (χ1n) is 7.22. The minimum Gasteiger partial charge on any atom is -0.409 e. The van der Waals surface area contributed by atoms with E-state index in [9.17, 15) is 0 Å². The predicted molar refractivity (Wildman–Crippen MR) is 77.5 cm³/mol. The maximum Gasteiger partial charge on any atom is 0.144 e. The quantitative estimate of drug-likeness (QED) is 0.208. The van der Waals surface area contributed by atoms with E-state index in [0.717, 1.165) is 45.4 Å². The summed E-state index contributed by atoms with van der Waals surface area (Å²) in [5, 5.41) is 15.3. The second-order valence-corrected chi connectivity index (χ2v) is 6.40. The number of hydrogen-bond donors (Lipinski definition) is 3. The standard InChI is InChI=1S/C14H29N3O2/c1-13(2,12(15)17-18)7-4-5-9-16-11-14(3)8-6-10-19-14/h16,18H,4-11H2,1-3H3,(H2,15,17). The average molecular weight is 271 g/mol. The third kappa shape index (κ3) is 5.37. The molecule has 1 heterocycles. The maximum absolute atomic E-state index is 8.70. The van der Waals surface area contributed by atoms with Crippen molar-refractivity contribution in [1.82, 2.24) is 5.32 Å². The molecule has 0 aromatic carbocycles. The molecule has 0 bridgehead atoms. The van der Waals surface area contributed by atoms with E-state index in [1.165, 1.54) is 6.42 Å². The molecule has 0 aromatic rings. The van der Waals surface area contributed by atoms with Crippen molar-refractivity contribution in [2.24, 2.45) is 16.3 Å². The Morgan fingerprint density at radius 2 is 2.21 bits per heavy atom. The van der Waals surface area contributed by atoms with Crippen LogP contribution in [0.1, 0.15) is 52.9 Å². The van der Waals surface area contributed by atoms with E-state index in [4.69, 9.17) is 15.7 Å². The van der Waals surface area contributed by atoms with Gasteiger partial charge < -0.3 is 21.0 Å². The lowest BCUT2D eigenvalue weighted by atomic mass is 9.86. The third-order valence-electron chi connectivity index (χ3n) is 4.01. The molecule has 0 amide bonds. The number of nitrogens with one attached hydrogen (secondary N) is 1. The first-order chi connectivity index (χ1) is 8.90. The van der Waals surface area contributed by atoms with Crippen LogP contribution >= 0.6 is 0 Å². The third-order valence-corrected chi connectivity index (χ3v) is 4.01. The number of amidine groups is 1. The summed E-state index contributed by atoms with van der Waals surface area (Å²) >= 11 is 0. The number of ether oxygens (including phenoxy) is 1. The summed E-state index contributed by atoms with van der Waals surface area (Å²) in [6, 6.07) is 0. The molecule has 1 aliphatic heterocycles. The lowest BCUT2D eigenvalue weighted by molar-refractivity contribution is 0.0210. The second kappa shape index (κ2) is 7.10. The van der Waals surface area contributed by atoms with Crippen LogP contribution in [-0.4, -0.2) is 36.3 Å². The molecule has 1 atom stereocenters. The molecule has 1 saturated heterocycles. The second-order valence-electron chi connectivity index (χ2n) is 6.40. The molecule has 0 aromatic heterocycles. The van der Waals surface area contributed by atoms with Crippen molar-refractivity contribution in [2.45, 2.75) is 58.5 Å². The number of nitrogens with two attached hydrogens (primary N) is 1. The molecule has 5 nitrogen and oxygen atoms in total. The summed E-state index contributed by atoms with van der Waals surface area (Å²) in [5.74, 6) is 0.312. The van der Waals surface area contributed by atoms with Gasteiger partial charge in [0.15, 0.2) is 0 Å². The number of oxime groups is 1. The van der Waals surface area contributed by atoms with Gasteiger partial charge in [-0.25, -0.2) is 0 Å². The molecule has 4 N–H and O–H groups in total. The largest absolute Gasteiger partial charge is 0.409 e. The Balaban J connectivity index is 2.08. The molecule has 5 heteroatoms. The zero-order valence-electron chi connectivity index (χ0n) is 12.5. The van der Waals surface area contributed by atoms with Gasteiger partial charge >= 0.3 is 0 Å². The van der Waals surface area contributed by atoms with E-state index < -0.39 is 0 Å². The van der Waals surface area contributed by atoms with Gasteiger partial charge in [0.2, 0.25) is 0 Å². The molecular weight excluding hydrogens is 242 g/mol. The molecule has 0 spiro atoms. The van der Waals surface area contributed by atoms with Crippen molar-refractivity contribution in [3.8, 4) is 0 Å². The summed E-state index contributed by atoms with van der Waals surface area (Å²) in [6.07, 6.45) is 5.41. The summed E-state index contributed by atoms with van der Waals surface area (Å²) in [4.78, 5) is 0. The molecule has 1 rings (SSSR count). The van der Waals surface area contributed by atoms with Crippen molar-refractivity contribution < 1.29 is 9.94 Å². The van der Waals surface area contributed by atoms with Crippen LogP contribution in [0.15, 0.2) is 5.16 Å².